The van der Waals surface area contributed by atoms with Crippen molar-refractivity contribution in [3.8, 4) is 0 Å². The highest BCUT2D eigenvalue weighted by Crippen LogP contribution is 2.50. The van der Waals surface area contributed by atoms with Gasteiger partial charge in [0.05, 0.1) is 12.1 Å². The Bertz CT molecular complexity index is 478. The van der Waals surface area contributed by atoms with Crippen molar-refractivity contribution in [2.75, 3.05) is 7.05 Å². The van der Waals surface area contributed by atoms with Crippen molar-refractivity contribution in [2.24, 2.45) is 0 Å². The second kappa shape index (κ2) is 2.85. The van der Waals surface area contributed by atoms with Crippen molar-refractivity contribution >= 4 is 0 Å². The monoisotopic (exact) mass is 229 g/mol. The summed E-state index contributed by atoms with van der Waals surface area (Å²) in [4.78, 5) is 1.66. The van der Waals surface area contributed by atoms with Crippen LogP contribution in [-0.4, -0.2) is 11.9 Å². The Kier molecular flexibility index (Phi) is 1.75. The highest BCUT2D eigenvalue weighted by atomic mass is 19.2. The predicted molar refractivity (Wildman–Crippen MR) is 48.7 cm³/mol. The summed E-state index contributed by atoms with van der Waals surface area (Å²) in [6, 6.07) is -0.991. The molecule has 1 nitrogen and oxygen atoms in total. The van der Waals surface area contributed by atoms with Crippen molar-refractivity contribution in [1.29, 1.82) is 0 Å². The minimum atomic E-state index is -1.73. The average molecular weight is 229 g/mol. The van der Waals surface area contributed by atoms with E-state index in [1.54, 1.807) is 24.1 Å². The van der Waals surface area contributed by atoms with Crippen molar-refractivity contribution in [2.45, 2.75) is 12.1 Å². The van der Waals surface area contributed by atoms with Crippen LogP contribution in [0.5, 0.6) is 0 Å². The first-order chi connectivity index (χ1) is 7.54. The average Bonchev–Trinajstić information content (AvgIpc) is 2.77. The molecule has 1 aromatic carbocycles. The fraction of sp³-hybridized carbons (Fsp3) is 0.273. The van der Waals surface area contributed by atoms with Crippen LogP contribution in [0.25, 0.3) is 0 Å². The molecule has 3 rings (SSSR count). The number of halogens is 4. The molecule has 0 spiro atoms. The van der Waals surface area contributed by atoms with Gasteiger partial charge in [0.25, 0.3) is 0 Å². The Hall–Kier alpha value is -1.36. The summed E-state index contributed by atoms with van der Waals surface area (Å²) in [5, 5.41) is 0. The first-order valence-corrected chi connectivity index (χ1v) is 4.80. The lowest BCUT2D eigenvalue weighted by Gasteiger charge is -2.14. The Morgan fingerprint density at radius 3 is 1.56 bits per heavy atom. The highest BCUT2D eigenvalue weighted by Gasteiger charge is 2.44. The zero-order valence-corrected chi connectivity index (χ0v) is 8.27. The number of fused-ring (bicyclic) bond motifs is 5. The second-order valence-electron chi connectivity index (χ2n) is 4.02. The fourth-order valence-electron chi connectivity index (χ4n) is 2.50. The minimum Gasteiger partial charge on any atom is -0.285 e. The van der Waals surface area contributed by atoms with Crippen molar-refractivity contribution in [3.63, 3.8) is 0 Å². The number of nitrogens with zero attached hydrogens (tertiary/aromatic N) is 1. The van der Waals surface area contributed by atoms with E-state index in [0.29, 0.717) is 0 Å². The van der Waals surface area contributed by atoms with Gasteiger partial charge in [-0.05, 0) is 7.05 Å². The van der Waals surface area contributed by atoms with E-state index in [-0.39, 0.29) is 11.1 Å². The molecule has 2 bridgehead atoms. The van der Waals surface area contributed by atoms with E-state index >= 15 is 0 Å². The largest absolute Gasteiger partial charge is 0.285 e. The van der Waals surface area contributed by atoms with Crippen LogP contribution in [0.2, 0.25) is 0 Å². The van der Waals surface area contributed by atoms with Crippen molar-refractivity contribution in [3.05, 3.63) is 46.5 Å². The minimum absolute atomic E-state index is 0.0774. The molecule has 0 radical (unpaired) electrons. The molecule has 2 heterocycles. The molecule has 84 valence electrons. The lowest BCUT2D eigenvalue weighted by Crippen LogP contribution is -2.13. The zero-order valence-electron chi connectivity index (χ0n) is 8.27. The van der Waals surface area contributed by atoms with Crippen LogP contribution >= 0.6 is 0 Å². The van der Waals surface area contributed by atoms with E-state index in [2.05, 4.69) is 0 Å². The van der Waals surface area contributed by atoms with Gasteiger partial charge in [0.2, 0.25) is 0 Å². The summed E-state index contributed by atoms with van der Waals surface area (Å²) < 4.78 is 53.2. The Labute approximate surface area is 89.0 Å². The Morgan fingerprint density at radius 2 is 1.19 bits per heavy atom. The maximum absolute atomic E-state index is 13.5. The van der Waals surface area contributed by atoms with Crippen LogP contribution in [0.15, 0.2) is 12.2 Å². The molecule has 0 saturated carbocycles. The smallest absolute Gasteiger partial charge is 0.197 e. The van der Waals surface area contributed by atoms with E-state index < -0.39 is 35.4 Å². The molecule has 0 N–H and O–H groups in total. The van der Waals surface area contributed by atoms with Gasteiger partial charge in [0.1, 0.15) is 0 Å². The van der Waals surface area contributed by atoms with Crippen LogP contribution in [0.1, 0.15) is 23.2 Å². The van der Waals surface area contributed by atoms with E-state index in [4.69, 9.17) is 0 Å². The Balaban J connectivity index is 2.37. The lowest BCUT2D eigenvalue weighted by molar-refractivity contribution is 0.294. The maximum atomic E-state index is 13.5. The molecular formula is C11H7F4N. The molecule has 0 fully saturated rings. The lowest BCUT2D eigenvalue weighted by atomic mass is 9.95. The van der Waals surface area contributed by atoms with E-state index in [9.17, 15) is 17.6 Å². The fourth-order valence-corrected chi connectivity index (χ4v) is 2.50. The third-order valence-corrected chi connectivity index (χ3v) is 3.29. The molecule has 0 aliphatic carbocycles. The molecular weight excluding hydrogens is 222 g/mol. The standard InChI is InChI=1S/C11H7F4N/c1-16-4-2-3-5(16)7-6(4)8(12)10(14)11(15)9(7)13/h2-5H,1H3. The topological polar surface area (TPSA) is 3.24 Å². The van der Waals surface area contributed by atoms with Crippen LogP contribution < -0.4 is 0 Å². The van der Waals surface area contributed by atoms with Gasteiger partial charge in [-0.3, -0.25) is 4.90 Å². The summed E-state index contributed by atoms with van der Waals surface area (Å²) in [6.45, 7) is 0. The third-order valence-electron chi connectivity index (χ3n) is 3.29. The van der Waals surface area contributed by atoms with Gasteiger partial charge in [0, 0.05) is 11.1 Å². The normalized spacial score (nSPS) is 26.6. The maximum Gasteiger partial charge on any atom is 0.197 e. The number of hydrogen-bond donors (Lipinski definition) is 0. The summed E-state index contributed by atoms with van der Waals surface area (Å²) in [5.74, 6) is -6.02. The van der Waals surface area contributed by atoms with E-state index in [1.807, 2.05) is 0 Å². The molecule has 2 aliphatic heterocycles. The molecule has 2 aliphatic rings. The predicted octanol–water partition coefficient (Wildman–Crippen LogP) is 2.84. The number of hydrogen-bond acceptors (Lipinski definition) is 1. The van der Waals surface area contributed by atoms with E-state index in [0.717, 1.165) is 0 Å². The molecule has 2 unspecified atom stereocenters. The quantitative estimate of drug-likeness (QED) is 0.286. The highest BCUT2D eigenvalue weighted by molar-refractivity contribution is 5.48. The van der Waals surface area contributed by atoms with Crippen LogP contribution in [-0.2, 0) is 0 Å². The van der Waals surface area contributed by atoms with Crippen molar-refractivity contribution in [1.82, 2.24) is 4.90 Å². The molecule has 16 heavy (non-hydrogen) atoms. The van der Waals surface area contributed by atoms with Crippen molar-refractivity contribution < 1.29 is 17.6 Å². The zero-order chi connectivity index (χ0) is 11.6. The second-order valence-corrected chi connectivity index (χ2v) is 4.02. The molecule has 1 aromatic rings. The molecule has 0 aromatic heterocycles. The van der Waals surface area contributed by atoms with Gasteiger partial charge >= 0.3 is 0 Å². The number of benzene rings is 1. The SMILES string of the molecule is CN1C2C=CC1c1c(F)c(F)c(F)c(F)c12. The van der Waals surface area contributed by atoms with Gasteiger partial charge in [-0.25, -0.2) is 17.6 Å². The summed E-state index contributed by atoms with van der Waals surface area (Å²) in [6.07, 6.45) is 3.32. The Morgan fingerprint density at radius 1 is 0.812 bits per heavy atom. The summed E-state index contributed by atoms with van der Waals surface area (Å²) in [7, 11) is 1.66. The van der Waals surface area contributed by atoms with Gasteiger partial charge in [-0.15, -0.1) is 0 Å². The van der Waals surface area contributed by atoms with E-state index in [1.165, 1.54) is 0 Å². The molecule has 0 saturated heterocycles. The first kappa shape index (κ1) is 9.84. The summed E-state index contributed by atoms with van der Waals surface area (Å²) >= 11 is 0. The molecule has 0 amide bonds. The first-order valence-electron chi connectivity index (χ1n) is 4.80. The number of likely N-dealkylation sites (N-methyl/N-ethyl adjacent to an activating group) is 1. The molecule has 2 atom stereocenters. The van der Waals surface area contributed by atoms with Gasteiger partial charge < -0.3 is 0 Å². The third kappa shape index (κ3) is 0.899. The summed E-state index contributed by atoms with van der Waals surface area (Å²) in [5.41, 5.74) is -0.155. The van der Waals surface area contributed by atoms with Crippen LogP contribution in [0, 0.1) is 23.3 Å². The van der Waals surface area contributed by atoms with Gasteiger partial charge in [-0.2, -0.15) is 0 Å². The molecule has 5 heteroatoms. The van der Waals surface area contributed by atoms with Gasteiger partial charge in [0.15, 0.2) is 23.3 Å². The number of rotatable bonds is 0. The van der Waals surface area contributed by atoms with Crippen LogP contribution in [0.4, 0.5) is 17.6 Å². The van der Waals surface area contributed by atoms with Gasteiger partial charge in [-0.1, -0.05) is 12.2 Å². The van der Waals surface area contributed by atoms with Crippen LogP contribution in [0.3, 0.4) is 0 Å².